The predicted octanol–water partition coefficient (Wildman–Crippen LogP) is 6.36. The summed E-state index contributed by atoms with van der Waals surface area (Å²) >= 11 is 0. The van der Waals surface area contributed by atoms with Crippen LogP contribution in [0.3, 0.4) is 0 Å². The molecule has 0 bridgehead atoms. The summed E-state index contributed by atoms with van der Waals surface area (Å²) in [5.41, 5.74) is 4.37. The Morgan fingerprint density at radius 2 is 1.79 bits per heavy atom. The minimum Gasteiger partial charge on any atom is -0.497 e. The number of methoxy groups -OCH3 is 1. The van der Waals surface area contributed by atoms with Crippen molar-refractivity contribution in [3.05, 3.63) is 53.3 Å². The van der Waals surface area contributed by atoms with Crippen molar-refractivity contribution in [2.24, 2.45) is 5.92 Å². The van der Waals surface area contributed by atoms with Gasteiger partial charge in [-0.1, -0.05) is 44.9 Å². The molecule has 1 saturated carbocycles. The molecule has 1 nitrogen and oxygen atoms in total. The van der Waals surface area contributed by atoms with Crippen molar-refractivity contribution in [3.8, 4) is 16.9 Å². The number of halogens is 1. The zero-order valence-corrected chi connectivity index (χ0v) is 14.9. The standard InChI is InChI=1S/C22H27FO/c1-15(2)12-16-8-10-19(20(13-16)17-6-4-5-7-17)21-14-18(24-3)9-11-22(21)23/h8-11,13-15,17H,4-7,12H2,1-3H3. The summed E-state index contributed by atoms with van der Waals surface area (Å²) in [5.74, 6) is 1.71. The molecule has 0 atom stereocenters. The van der Waals surface area contributed by atoms with Crippen LogP contribution >= 0.6 is 0 Å². The molecule has 3 rings (SSSR count). The van der Waals surface area contributed by atoms with E-state index < -0.39 is 0 Å². The van der Waals surface area contributed by atoms with Crippen LogP contribution in [0.25, 0.3) is 11.1 Å². The Bertz CT molecular complexity index is 699. The lowest BCUT2D eigenvalue weighted by atomic mass is 9.86. The van der Waals surface area contributed by atoms with Crippen LogP contribution in [0.1, 0.15) is 56.6 Å². The molecule has 0 saturated heterocycles. The Kier molecular flexibility index (Phi) is 5.23. The minimum atomic E-state index is -0.174. The lowest BCUT2D eigenvalue weighted by Crippen LogP contribution is -2.01. The summed E-state index contributed by atoms with van der Waals surface area (Å²) in [6.07, 6.45) is 6.05. The maximum absolute atomic E-state index is 14.5. The molecule has 128 valence electrons. The van der Waals surface area contributed by atoms with Gasteiger partial charge in [0.25, 0.3) is 0 Å². The zero-order chi connectivity index (χ0) is 17.1. The first-order chi connectivity index (χ1) is 11.6. The Labute approximate surface area is 144 Å². The van der Waals surface area contributed by atoms with E-state index in [-0.39, 0.29) is 5.82 Å². The van der Waals surface area contributed by atoms with Gasteiger partial charge in [-0.25, -0.2) is 4.39 Å². The molecule has 0 N–H and O–H groups in total. The first kappa shape index (κ1) is 17.0. The van der Waals surface area contributed by atoms with Gasteiger partial charge in [0.15, 0.2) is 0 Å². The maximum atomic E-state index is 14.5. The molecule has 0 radical (unpaired) electrons. The molecular weight excluding hydrogens is 299 g/mol. The van der Waals surface area contributed by atoms with E-state index >= 15 is 0 Å². The summed E-state index contributed by atoms with van der Waals surface area (Å²) in [4.78, 5) is 0. The van der Waals surface area contributed by atoms with Crippen LogP contribution in [0.5, 0.6) is 5.75 Å². The highest BCUT2D eigenvalue weighted by atomic mass is 19.1. The van der Waals surface area contributed by atoms with Crippen LogP contribution in [0.4, 0.5) is 4.39 Å². The van der Waals surface area contributed by atoms with Crippen LogP contribution in [0.15, 0.2) is 36.4 Å². The molecule has 1 aliphatic rings. The van der Waals surface area contributed by atoms with Gasteiger partial charge in [-0.3, -0.25) is 0 Å². The Balaban J connectivity index is 2.09. The topological polar surface area (TPSA) is 9.23 Å². The van der Waals surface area contributed by atoms with E-state index in [2.05, 4.69) is 32.0 Å². The lowest BCUT2D eigenvalue weighted by Gasteiger charge is -2.19. The van der Waals surface area contributed by atoms with Crippen LogP contribution in [-0.2, 0) is 6.42 Å². The second kappa shape index (κ2) is 7.38. The SMILES string of the molecule is COc1ccc(F)c(-c2ccc(CC(C)C)cc2C2CCCC2)c1. The highest BCUT2D eigenvalue weighted by Crippen LogP contribution is 2.41. The third-order valence-corrected chi connectivity index (χ3v) is 5.02. The quantitative estimate of drug-likeness (QED) is 0.621. The van der Waals surface area contributed by atoms with Crippen LogP contribution < -0.4 is 4.74 Å². The molecule has 2 aromatic carbocycles. The molecule has 0 unspecified atom stereocenters. The first-order valence-corrected chi connectivity index (χ1v) is 9.05. The number of hydrogen-bond donors (Lipinski definition) is 0. The smallest absolute Gasteiger partial charge is 0.131 e. The maximum Gasteiger partial charge on any atom is 0.131 e. The normalized spacial score (nSPS) is 15.2. The Morgan fingerprint density at radius 1 is 1.04 bits per heavy atom. The molecule has 0 aliphatic heterocycles. The predicted molar refractivity (Wildman–Crippen MR) is 98.1 cm³/mol. The summed E-state index contributed by atoms with van der Waals surface area (Å²) in [5, 5.41) is 0. The summed E-state index contributed by atoms with van der Waals surface area (Å²) in [6, 6.07) is 11.6. The largest absolute Gasteiger partial charge is 0.497 e. The van der Waals surface area contributed by atoms with Gasteiger partial charge in [0.05, 0.1) is 7.11 Å². The van der Waals surface area contributed by atoms with E-state index in [1.807, 2.05) is 6.07 Å². The van der Waals surface area contributed by atoms with Crippen LogP contribution in [-0.4, -0.2) is 7.11 Å². The monoisotopic (exact) mass is 326 g/mol. The van der Waals surface area contributed by atoms with E-state index in [4.69, 9.17) is 4.74 Å². The first-order valence-electron chi connectivity index (χ1n) is 9.05. The summed E-state index contributed by atoms with van der Waals surface area (Å²) < 4.78 is 19.8. The second-order valence-corrected chi connectivity index (χ2v) is 7.35. The molecule has 0 amide bonds. The van der Waals surface area contributed by atoms with Crippen molar-refractivity contribution in [2.75, 3.05) is 7.11 Å². The van der Waals surface area contributed by atoms with E-state index in [1.54, 1.807) is 13.2 Å². The molecule has 24 heavy (non-hydrogen) atoms. The minimum absolute atomic E-state index is 0.174. The van der Waals surface area contributed by atoms with Crippen molar-refractivity contribution in [1.82, 2.24) is 0 Å². The third kappa shape index (κ3) is 3.63. The average molecular weight is 326 g/mol. The van der Waals surface area contributed by atoms with E-state index in [9.17, 15) is 4.39 Å². The second-order valence-electron chi connectivity index (χ2n) is 7.35. The van der Waals surface area contributed by atoms with Gasteiger partial charge in [0.2, 0.25) is 0 Å². The van der Waals surface area contributed by atoms with Crippen molar-refractivity contribution < 1.29 is 9.13 Å². The number of benzene rings is 2. The van der Waals surface area contributed by atoms with Gasteiger partial charge in [-0.2, -0.15) is 0 Å². The lowest BCUT2D eigenvalue weighted by molar-refractivity contribution is 0.414. The van der Waals surface area contributed by atoms with Crippen molar-refractivity contribution in [2.45, 2.75) is 51.9 Å². The summed E-state index contributed by atoms with van der Waals surface area (Å²) in [6.45, 7) is 4.48. The van der Waals surface area contributed by atoms with E-state index in [0.29, 0.717) is 23.1 Å². The number of ether oxygens (including phenoxy) is 1. The highest BCUT2D eigenvalue weighted by Gasteiger charge is 2.22. The van der Waals surface area contributed by atoms with Gasteiger partial charge in [0, 0.05) is 5.56 Å². The molecule has 2 heteroatoms. The molecule has 0 aromatic heterocycles. The Hall–Kier alpha value is -1.83. The molecular formula is C22H27FO. The van der Waals surface area contributed by atoms with Gasteiger partial charge in [0.1, 0.15) is 11.6 Å². The van der Waals surface area contributed by atoms with Gasteiger partial charge in [-0.15, -0.1) is 0 Å². The van der Waals surface area contributed by atoms with E-state index in [0.717, 1.165) is 12.0 Å². The van der Waals surface area contributed by atoms with Crippen molar-refractivity contribution in [1.29, 1.82) is 0 Å². The Morgan fingerprint density at radius 3 is 2.46 bits per heavy atom. The molecule has 2 aromatic rings. The molecule has 1 fully saturated rings. The number of hydrogen-bond acceptors (Lipinski definition) is 1. The molecule has 0 spiro atoms. The fraction of sp³-hybridized carbons (Fsp3) is 0.455. The van der Waals surface area contributed by atoms with Gasteiger partial charge < -0.3 is 4.74 Å². The average Bonchev–Trinajstić information content (AvgIpc) is 3.09. The molecule has 1 aliphatic carbocycles. The number of rotatable bonds is 5. The van der Waals surface area contributed by atoms with Crippen molar-refractivity contribution >= 4 is 0 Å². The van der Waals surface area contributed by atoms with Gasteiger partial charge >= 0.3 is 0 Å². The van der Waals surface area contributed by atoms with Crippen LogP contribution in [0.2, 0.25) is 0 Å². The highest BCUT2D eigenvalue weighted by molar-refractivity contribution is 5.70. The third-order valence-electron chi connectivity index (χ3n) is 5.02. The summed E-state index contributed by atoms with van der Waals surface area (Å²) in [7, 11) is 1.63. The zero-order valence-electron chi connectivity index (χ0n) is 14.9. The fourth-order valence-electron chi connectivity index (χ4n) is 3.87. The van der Waals surface area contributed by atoms with Crippen LogP contribution in [0, 0.1) is 11.7 Å². The van der Waals surface area contributed by atoms with Crippen molar-refractivity contribution in [3.63, 3.8) is 0 Å². The molecule has 0 heterocycles. The van der Waals surface area contributed by atoms with E-state index in [1.165, 1.54) is 42.9 Å². The fourth-order valence-corrected chi connectivity index (χ4v) is 3.87. The van der Waals surface area contributed by atoms with Gasteiger partial charge in [-0.05, 0) is 66.0 Å².